The molecular weight excluding hydrogens is 334 g/mol. The summed E-state index contributed by atoms with van der Waals surface area (Å²) in [4.78, 5) is 34.1. The number of methoxy groups -OCH3 is 1. The zero-order valence-electron chi connectivity index (χ0n) is 14.2. The second kappa shape index (κ2) is 6.51. The van der Waals surface area contributed by atoms with Gasteiger partial charge < -0.3 is 19.0 Å². The van der Waals surface area contributed by atoms with Crippen LogP contribution in [0.25, 0.3) is 11.4 Å². The molecule has 3 aromatic rings. The number of amides is 1. The number of hydrogen-bond donors (Lipinski definition) is 1. The summed E-state index contributed by atoms with van der Waals surface area (Å²) in [5.41, 5.74) is 2.38. The van der Waals surface area contributed by atoms with E-state index in [0.717, 1.165) is 11.3 Å². The first-order valence-corrected chi connectivity index (χ1v) is 8.23. The molecule has 4 rings (SSSR count). The van der Waals surface area contributed by atoms with Crippen LogP contribution in [0.1, 0.15) is 21.6 Å². The first kappa shape index (κ1) is 16.1. The Morgan fingerprint density at radius 3 is 2.77 bits per heavy atom. The maximum Gasteiger partial charge on any atom is 0.257 e. The molecule has 26 heavy (non-hydrogen) atoms. The summed E-state index contributed by atoms with van der Waals surface area (Å²) in [7, 11) is 1.60. The number of hydrogen-bond acceptors (Lipinski definition) is 5. The number of H-pyrrole nitrogens is 1. The molecule has 0 saturated carbocycles. The minimum absolute atomic E-state index is 0.127. The lowest BCUT2D eigenvalue weighted by Crippen LogP contribution is -2.39. The number of fused-ring (bicyclic) bond motifs is 1. The van der Waals surface area contributed by atoms with Crippen molar-refractivity contribution in [3.63, 3.8) is 0 Å². The summed E-state index contributed by atoms with van der Waals surface area (Å²) in [5.74, 6) is 1.08. The van der Waals surface area contributed by atoms with E-state index in [-0.39, 0.29) is 11.5 Å². The van der Waals surface area contributed by atoms with Gasteiger partial charge in [-0.3, -0.25) is 9.59 Å². The summed E-state index contributed by atoms with van der Waals surface area (Å²) in [6, 6.07) is 8.92. The molecule has 0 aliphatic carbocycles. The van der Waals surface area contributed by atoms with E-state index in [1.807, 2.05) is 24.3 Å². The van der Waals surface area contributed by atoms with Crippen molar-refractivity contribution in [2.45, 2.75) is 13.0 Å². The zero-order valence-corrected chi connectivity index (χ0v) is 14.2. The van der Waals surface area contributed by atoms with Gasteiger partial charge in [0.15, 0.2) is 0 Å². The van der Waals surface area contributed by atoms with Gasteiger partial charge >= 0.3 is 0 Å². The maximum absolute atomic E-state index is 12.5. The molecule has 1 N–H and O–H groups in total. The number of ether oxygens (including phenoxy) is 1. The van der Waals surface area contributed by atoms with Crippen molar-refractivity contribution in [3.05, 3.63) is 70.0 Å². The fraction of sp³-hybridized carbons (Fsp3) is 0.211. The first-order valence-electron chi connectivity index (χ1n) is 8.23. The molecule has 2 aromatic heterocycles. The Morgan fingerprint density at radius 2 is 2.08 bits per heavy atom. The summed E-state index contributed by atoms with van der Waals surface area (Å²) >= 11 is 0. The molecule has 1 amide bonds. The Labute approximate surface area is 149 Å². The van der Waals surface area contributed by atoms with E-state index in [0.29, 0.717) is 42.2 Å². The second-order valence-corrected chi connectivity index (χ2v) is 6.06. The largest absolute Gasteiger partial charge is 0.497 e. The van der Waals surface area contributed by atoms with Crippen LogP contribution in [-0.4, -0.2) is 34.4 Å². The number of aromatic amines is 1. The van der Waals surface area contributed by atoms with E-state index in [2.05, 4.69) is 9.97 Å². The van der Waals surface area contributed by atoms with Crippen LogP contribution < -0.4 is 10.3 Å². The van der Waals surface area contributed by atoms with Crippen molar-refractivity contribution in [2.24, 2.45) is 0 Å². The fourth-order valence-corrected chi connectivity index (χ4v) is 3.07. The van der Waals surface area contributed by atoms with E-state index in [1.54, 1.807) is 18.1 Å². The van der Waals surface area contributed by atoms with Crippen LogP contribution in [0.2, 0.25) is 0 Å². The molecular formula is C19H17N3O4. The Bertz CT molecular complexity index is 991. The third kappa shape index (κ3) is 2.88. The summed E-state index contributed by atoms with van der Waals surface area (Å²) in [6.07, 6.45) is 3.37. The number of nitrogens with zero attached hydrogens (tertiary/aromatic N) is 2. The van der Waals surface area contributed by atoms with Crippen molar-refractivity contribution >= 4 is 5.91 Å². The minimum Gasteiger partial charge on any atom is -0.497 e. The van der Waals surface area contributed by atoms with Crippen LogP contribution in [0.3, 0.4) is 0 Å². The monoisotopic (exact) mass is 351 g/mol. The molecule has 0 fully saturated rings. The highest BCUT2D eigenvalue weighted by Gasteiger charge is 2.25. The number of benzene rings is 1. The predicted octanol–water partition coefficient (Wildman–Crippen LogP) is 2.24. The van der Waals surface area contributed by atoms with Crippen LogP contribution in [0.15, 0.2) is 52.1 Å². The highest BCUT2D eigenvalue weighted by atomic mass is 16.5. The normalized spacial score (nSPS) is 13.3. The third-order valence-electron chi connectivity index (χ3n) is 4.49. The molecule has 7 heteroatoms. The van der Waals surface area contributed by atoms with Gasteiger partial charge in [0.1, 0.15) is 17.8 Å². The van der Waals surface area contributed by atoms with Gasteiger partial charge in [-0.25, -0.2) is 4.98 Å². The highest BCUT2D eigenvalue weighted by molar-refractivity contribution is 5.93. The summed E-state index contributed by atoms with van der Waals surface area (Å²) in [5, 5.41) is 0. The lowest BCUT2D eigenvalue weighted by molar-refractivity contribution is 0.0730. The average molecular weight is 351 g/mol. The molecule has 0 spiro atoms. The van der Waals surface area contributed by atoms with Crippen molar-refractivity contribution in [1.82, 2.24) is 14.9 Å². The fourth-order valence-electron chi connectivity index (χ4n) is 3.07. The van der Waals surface area contributed by atoms with Crippen LogP contribution in [0.4, 0.5) is 0 Å². The molecule has 0 bridgehead atoms. The standard InChI is InChI=1S/C19H17N3O4/c1-25-14-4-2-12(3-5-14)17-20-16-10-22(8-6-15(16)18(23)21-17)19(24)13-7-9-26-11-13/h2-5,7,9,11H,6,8,10H2,1H3,(H,20,21,23). The van der Waals surface area contributed by atoms with Crippen molar-refractivity contribution < 1.29 is 13.9 Å². The SMILES string of the molecule is COc1ccc(-c2nc3c(c(=O)[nH]2)CCN(C(=O)c2ccoc2)C3)cc1. The van der Waals surface area contributed by atoms with Crippen molar-refractivity contribution in [1.29, 1.82) is 0 Å². The van der Waals surface area contributed by atoms with Gasteiger partial charge in [0.05, 0.1) is 31.2 Å². The summed E-state index contributed by atoms with van der Waals surface area (Å²) in [6.45, 7) is 0.774. The van der Waals surface area contributed by atoms with E-state index in [1.165, 1.54) is 12.5 Å². The van der Waals surface area contributed by atoms with Gasteiger partial charge in [-0.05, 0) is 36.8 Å². The van der Waals surface area contributed by atoms with Crippen LogP contribution in [0, 0.1) is 0 Å². The molecule has 0 saturated heterocycles. The molecule has 0 unspecified atom stereocenters. The molecule has 1 aliphatic rings. The number of carbonyl (C=O) groups excluding carboxylic acids is 1. The Morgan fingerprint density at radius 1 is 1.27 bits per heavy atom. The number of furan rings is 1. The number of aromatic nitrogens is 2. The molecule has 0 atom stereocenters. The van der Waals surface area contributed by atoms with Crippen molar-refractivity contribution in [2.75, 3.05) is 13.7 Å². The average Bonchev–Trinajstić information content (AvgIpc) is 3.21. The van der Waals surface area contributed by atoms with Crippen LogP contribution in [0.5, 0.6) is 5.75 Å². The van der Waals surface area contributed by atoms with Gasteiger partial charge in [0, 0.05) is 17.7 Å². The van der Waals surface area contributed by atoms with Gasteiger partial charge in [0.2, 0.25) is 0 Å². The molecule has 7 nitrogen and oxygen atoms in total. The molecule has 1 aromatic carbocycles. The molecule has 132 valence electrons. The van der Waals surface area contributed by atoms with E-state index >= 15 is 0 Å². The zero-order chi connectivity index (χ0) is 18.1. The van der Waals surface area contributed by atoms with Gasteiger partial charge in [-0.1, -0.05) is 0 Å². The minimum atomic E-state index is -0.156. The number of rotatable bonds is 3. The summed E-state index contributed by atoms with van der Waals surface area (Å²) < 4.78 is 10.1. The van der Waals surface area contributed by atoms with E-state index in [4.69, 9.17) is 9.15 Å². The quantitative estimate of drug-likeness (QED) is 0.782. The maximum atomic E-state index is 12.5. The van der Waals surface area contributed by atoms with E-state index in [9.17, 15) is 9.59 Å². The van der Waals surface area contributed by atoms with Gasteiger partial charge in [-0.15, -0.1) is 0 Å². The topological polar surface area (TPSA) is 88.4 Å². The third-order valence-corrected chi connectivity index (χ3v) is 4.49. The number of carbonyl (C=O) groups is 1. The number of nitrogens with one attached hydrogen (secondary N) is 1. The smallest absolute Gasteiger partial charge is 0.257 e. The second-order valence-electron chi connectivity index (χ2n) is 6.06. The van der Waals surface area contributed by atoms with Gasteiger partial charge in [0.25, 0.3) is 11.5 Å². The lowest BCUT2D eigenvalue weighted by atomic mass is 10.1. The predicted molar refractivity (Wildman–Crippen MR) is 94.0 cm³/mol. The van der Waals surface area contributed by atoms with Crippen molar-refractivity contribution in [3.8, 4) is 17.1 Å². The molecule has 0 radical (unpaired) electrons. The van der Waals surface area contributed by atoms with Crippen LogP contribution in [-0.2, 0) is 13.0 Å². The Kier molecular flexibility index (Phi) is 4.04. The Hall–Kier alpha value is -3.35. The highest BCUT2D eigenvalue weighted by Crippen LogP contribution is 2.22. The Balaban J connectivity index is 1.66. The first-order chi connectivity index (χ1) is 12.7. The van der Waals surface area contributed by atoms with E-state index < -0.39 is 0 Å². The lowest BCUT2D eigenvalue weighted by Gasteiger charge is -2.27. The van der Waals surface area contributed by atoms with Gasteiger partial charge in [-0.2, -0.15) is 0 Å². The molecule has 3 heterocycles. The van der Waals surface area contributed by atoms with Crippen LogP contribution >= 0.6 is 0 Å². The molecule has 1 aliphatic heterocycles.